The molecule has 1 aliphatic heterocycles. The SMILES string of the molecule is [NH]C1(C(=O)N2CCOCC2)CCCC1. The van der Waals surface area contributed by atoms with Gasteiger partial charge < -0.3 is 9.64 Å². The molecule has 79 valence electrons. The monoisotopic (exact) mass is 197 g/mol. The molecule has 0 unspecified atom stereocenters. The minimum Gasteiger partial charge on any atom is -0.378 e. The van der Waals surface area contributed by atoms with E-state index in [4.69, 9.17) is 10.5 Å². The summed E-state index contributed by atoms with van der Waals surface area (Å²) in [7, 11) is 0. The highest BCUT2D eigenvalue weighted by molar-refractivity contribution is 5.86. The number of carbonyl (C=O) groups is 1. The van der Waals surface area contributed by atoms with Crippen molar-refractivity contribution >= 4 is 5.91 Å². The second-order valence-electron chi connectivity index (χ2n) is 4.19. The van der Waals surface area contributed by atoms with Crippen LogP contribution in [0.3, 0.4) is 0 Å². The lowest BCUT2D eigenvalue weighted by Gasteiger charge is -2.33. The summed E-state index contributed by atoms with van der Waals surface area (Å²) >= 11 is 0. The number of nitrogens with zero attached hydrogens (tertiary/aromatic N) is 1. The van der Waals surface area contributed by atoms with Gasteiger partial charge in [0.15, 0.2) is 0 Å². The third-order valence-corrected chi connectivity index (χ3v) is 3.16. The maximum atomic E-state index is 12.0. The molecule has 1 saturated heterocycles. The first kappa shape index (κ1) is 9.93. The van der Waals surface area contributed by atoms with Crippen molar-refractivity contribution in [3.8, 4) is 0 Å². The van der Waals surface area contributed by atoms with Crippen molar-refractivity contribution < 1.29 is 9.53 Å². The molecule has 1 radical (unpaired) electrons. The van der Waals surface area contributed by atoms with E-state index in [1.54, 1.807) is 4.90 Å². The van der Waals surface area contributed by atoms with Gasteiger partial charge in [0, 0.05) is 13.1 Å². The predicted molar refractivity (Wildman–Crippen MR) is 51.7 cm³/mol. The van der Waals surface area contributed by atoms with Gasteiger partial charge in [-0.25, -0.2) is 5.73 Å². The Morgan fingerprint density at radius 3 is 2.36 bits per heavy atom. The van der Waals surface area contributed by atoms with Crippen LogP contribution in [0.5, 0.6) is 0 Å². The lowest BCUT2D eigenvalue weighted by molar-refractivity contribution is -0.141. The Morgan fingerprint density at radius 1 is 1.21 bits per heavy atom. The van der Waals surface area contributed by atoms with E-state index in [9.17, 15) is 4.79 Å². The smallest absolute Gasteiger partial charge is 0.244 e. The van der Waals surface area contributed by atoms with Crippen LogP contribution in [0.4, 0.5) is 0 Å². The van der Waals surface area contributed by atoms with E-state index in [-0.39, 0.29) is 5.91 Å². The molecule has 0 bridgehead atoms. The Morgan fingerprint density at radius 2 is 1.79 bits per heavy atom. The van der Waals surface area contributed by atoms with Crippen molar-refractivity contribution in [3.05, 3.63) is 0 Å². The summed E-state index contributed by atoms with van der Waals surface area (Å²) in [6, 6.07) is 0. The van der Waals surface area contributed by atoms with Crippen molar-refractivity contribution in [1.82, 2.24) is 10.6 Å². The molecule has 1 heterocycles. The van der Waals surface area contributed by atoms with Crippen LogP contribution in [0.25, 0.3) is 0 Å². The van der Waals surface area contributed by atoms with Gasteiger partial charge in [-0.15, -0.1) is 0 Å². The fourth-order valence-electron chi connectivity index (χ4n) is 2.26. The topological polar surface area (TPSA) is 53.3 Å². The minimum atomic E-state index is -0.808. The quantitative estimate of drug-likeness (QED) is 0.612. The lowest BCUT2D eigenvalue weighted by Crippen LogP contribution is -2.52. The van der Waals surface area contributed by atoms with E-state index in [1.807, 2.05) is 0 Å². The third-order valence-electron chi connectivity index (χ3n) is 3.16. The second-order valence-corrected chi connectivity index (χ2v) is 4.19. The first-order valence-electron chi connectivity index (χ1n) is 5.34. The van der Waals surface area contributed by atoms with E-state index in [0.29, 0.717) is 26.3 Å². The first-order chi connectivity index (χ1) is 6.72. The summed E-state index contributed by atoms with van der Waals surface area (Å²) < 4.78 is 5.19. The largest absolute Gasteiger partial charge is 0.378 e. The van der Waals surface area contributed by atoms with E-state index < -0.39 is 5.54 Å². The number of amides is 1. The number of hydrogen-bond donors (Lipinski definition) is 0. The van der Waals surface area contributed by atoms with Gasteiger partial charge in [0.2, 0.25) is 5.91 Å². The Labute approximate surface area is 84.4 Å². The summed E-state index contributed by atoms with van der Waals surface area (Å²) in [5, 5.41) is 0. The van der Waals surface area contributed by atoms with Gasteiger partial charge in [-0.1, -0.05) is 12.8 Å². The second kappa shape index (κ2) is 3.87. The molecule has 2 rings (SSSR count). The van der Waals surface area contributed by atoms with Crippen molar-refractivity contribution in [2.45, 2.75) is 31.2 Å². The molecule has 1 amide bonds. The molecule has 2 fully saturated rings. The number of rotatable bonds is 1. The van der Waals surface area contributed by atoms with Gasteiger partial charge in [0.25, 0.3) is 0 Å². The van der Waals surface area contributed by atoms with Crippen LogP contribution in [-0.2, 0) is 9.53 Å². The molecule has 2 aliphatic rings. The summed E-state index contributed by atoms with van der Waals surface area (Å²) in [4.78, 5) is 13.8. The van der Waals surface area contributed by atoms with Gasteiger partial charge in [0.05, 0.1) is 13.2 Å². The van der Waals surface area contributed by atoms with Crippen molar-refractivity contribution in [2.75, 3.05) is 26.3 Å². The molecular weight excluding hydrogens is 180 g/mol. The lowest BCUT2D eigenvalue weighted by atomic mass is 9.97. The molecular formula is C10H17N2O2. The highest BCUT2D eigenvalue weighted by Gasteiger charge is 2.40. The average molecular weight is 197 g/mol. The first-order valence-corrected chi connectivity index (χ1v) is 5.34. The van der Waals surface area contributed by atoms with Crippen molar-refractivity contribution in [2.24, 2.45) is 0 Å². The van der Waals surface area contributed by atoms with Crippen LogP contribution >= 0.6 is 0 Å². The molecule has 0 aromatic rings. The number of nitrogens with one attached hydrogen (secondary N) is 1. The highest BCUT2D eigenvalue weighted by Crippen LogP contribution is 2.30. The number of ether oxygens (including phenoxy) is 1. The zero-order chi connectivity index (χ0) is 10.0. The van der Waals surface area contributed by atoms with E-state index in [2.05, 4.69) is 0 Å². The maximum Gasteiger partial charge on any atom is 0.244 e. The van der Waals surface area contributed by atoms with E-state index >= 15 is 0 Å². The summed E-state index contributed by atoms with van der Waals surface area (Å²) in [6.07, 6.45) is 3.53. The van der Waals surface area contributed by atoms with Gasteiger partial charge in [0.1, 0.15) is 5.54 Å². The van der Waals surface area contributed by atoms with Crippen LogP contribution in [0.2, 0.25) is 0 Å². The van der Waals surface area contributed by atoms with Crippen molar-refractivity contribution in [3.63, 3.8) is 0 Å². The Hall–Kier alpha value is -0.610. The van der Waals surface area contributed by atoms with Crippen molar-refractivity contribution in [1.29, 1.82) is 0 Å². The fraction of sp³-hybridized carbons (Fsp3) is 0.900. The Kier molecular flexibility index (Phi) is 2.74. The van der Waals surface area contributed by atoms with E-state index in [1.165, 1.54) is 0 Å². The van der Waals surface area contributed by atoms with Crippen LogP contribution in [-0.4, -0.2) is 42.6 Å². The predicted octanol–water partition coefficient (Wildman–Crippen LogP) is 0.441. The number of carbonyl (C=O) groups excluding carboxylic acids is 1. The number of morpholine rings is 1. The Bertz CT molecular complexity index is 218. The van der Waals surface area contributed by atoms with Gasteiger partial charge in [-0.2, -0.15) is 0 Å². The zero-order valence-corrected chi connectivity index (χ0v) is 8.42. The van der Waals surface area contributed by atoms with Gasteiger partial charge >= 0.3 is 0 Å². The normalized spacial score (nSPS) is 26.5. The average Bonchev–Trinajstić information content (AvgIpc) is 2.67. The molecule has 14 heavy (non-hydrogen) atoms. The van der Waals surface area contributed by atoms with Crippen LogP contribution in [0.15, 0.2) is 0 Å². The maximum absolute atomic E-state index is 12.0. The minimum absolute atomic E-state index is 0.0262. The fourth-order valence-corrected chi connectivity index (χ4v) is 2.26. The third kappa shape index (κ3) is 1.77. The zero-order valence-electron chi connectivity index (χ0n) is 8.42. The molecule has 1 saturated carbocycles. The summed E-state index contributed by atoms with van der Waals surface area (Å²) in [5.41, 5.74) is 7.28. The highest BCUT2D eigenvalue weighted by atomic mass is 16.5. The van der Waals surface area contributed by atoms with Gasteiger partial charge in [-0.3, -0.25) is 4.79 Å². The molecule has 0 atom stereocenters. The summed E-state index contributed by atoms with van der Waals surface area (Å²) in [5.74, 6) is 0.0262. The number of hydrogen-bond acceptors (Lipinski definition) is 2. The standard InChI is InChI=1S/C10H17N2O2/c11-10(3-1-2-4-10)9(13)12-5-7-14-8-6-12/h11H,1-8H2. The molecule has 0 spiro atoms. The molecule has 4 nitrogen and oxygen atoms in total. The Balaban J connectivity index is 1.98. The molecule has 0 aromatic heterocycles. The van der Waals surface area contributed by atoms with Gasteiger partial charge in [-0.05, 0) is 12.8 Å². The summed E-state index contributed by atoms with van der Waals surface area (Å²) in [6.45, 7) is 2.59. The molecule has 1 N–H and O–H groups in total. The van der Waals surface area contributed by atoms with Crippen LogP contribution in [0.1, 0.15) is 25.7 Å². The van der Waals surface area contributed by atoms with Crippen LogP contribution in [0, 0.1) is 0 Å². The molecule has 4 heteroatoms. The van der Waals surface area contributed by atoms with Crippen LogP contribution < -0.4 is 5.73 Å². The van der Waals surface area contributed by atoms with E-state index in [0.717, 1.165) is 25.7 Å². The molecule has 1 aliphatic carbocycles. The molecule has 0 aromatic carbocycles.